The van der Waals surface area contributed by atoms with Crippen LogP contribution in [0.4, 0.5) is 0 Å². The minimum absolute atomic E-state index is 0.118. The molecule has 1 fully saturated rings. The molecule has 0 saturated heterocycles. The Hall–Kier alpha value is -0.840. The van der Waals surface area contributed by atoms with Gasteiger partial charge in [0.2, 0.25) is 0 Å². The monoisotopic (exact) mass is 285 g/mol. The number of hydrogen-bond donors (Lipinski definition) is 0. The van der Waals surface area contributed by atoms with Gasteiger partial charge in [-0.1, -0.05) is 15.9 Å². The first-order chi connectivity index (χ1) is 7.65. The molecule has 1 saturated carbocycles. The van der Waals surface area contributed by atoms with Gasteiger partial charge in [-0.2, -0.15) is 5.10 Å². The van der Waals surface area contributed by atoms with Gasteiger partial charge in [0.05, 0.1) is 11.8 Å². The summed E-state index contributed by atoms with van der Waals surface area (Å²) in [7, 11) is 1.86. The van der Waals surface area contributed by atoms with Gasteiger partial charge in [0.15, 0.2) is 0 Å². The van der Waals surface area contributed by atoms with Crippen molar-refractivity contribution in [2.45, 2.75) is 25.8 Å². The largest absolute Gasteiger partial charge is 0.335 e. The normalized spacial score (nSPS) is 15.2. The van der Waals surface area contributed by atoms with Crippen molar-refractivity contribution in [3.63, 3.8) is 0 Å². The van der Waals surface area contributed by atoms with Gasteiger partial charge in [-0.05, 0) is 19.8 Å². The van der Waals surface area contributed by atoms with Crippen LogP contribution in [0.15, 0.2) is 6.20 Å². The molecule has 1 aromatic heterocycles. The maximum atomic E-state index is 12.3. The first-order valence-electron chi connectivity index (χ1n) is 5.50. The highest BCUT2D eigenvalue weighted by molar-refractivity contribution is 9.09. The van der Waals surface area contributed by atoms with E-state index in [1.54, 1.807) is 10.9 Å². The van der Waals surface area contributed by atoms with Gasteiger partial charge in [0.1, 0.15) is 0 Å². The summed E-state index contributed by atoms with van der Waals surface area (Å²) in [6, 6.07) is 0.449. The molecule has 16 heavy (non-hydrogen) atoms. The molecule has 0 N–H and O–H groups in total. The van der Waals surface area contributed by atoms with Crippen molar-refractivity contribution in [3.8, 4) is 0 Å². The fraction of sp³-hybridized carbons (Fsp3) is 0.636. The zero-order valence-electron chi connectivity index (χ0n) is 9.61. The average Bonchev–Trinajstić information content (AvgIpc) is 3.04. The van der Waals surface area contributed by atoms with Crippen LogP contribution < -0.4 is 0 Å². The Morgan fingerprint density at radius 1 is 1.69 bits per heavy atom. The van der Waals surface area contributed by atoms with Crippen molar-refractivity contribution < 1.29 is 4.79 Å². The molecule has 0 aliphatic heterocycles. The molecule has 1 aliphatic carbocycles. The Kier molecular flexibility index (Phi) is 3.33. The van der Waals surface area contributed by atoms with Crippen molar-refractivity contribution in [2.24, 2.45) is 7.05 Å². The summed E-state index contributed by atoms with van der Waals surface area (Å²) in [5, 5.41) is 4.94. The van der Waals surface area contributed by atoms with Gasteiger partial charge in [-0.15, -0.1) is 0 Å². The first kappa shape index (κ1) is 11.6. The number of hydrogen-bond acceptors (Lipinski definition) is 2. The van der Waals surface area contributed by atoms with E-state index in [0.29, 0.717) is 6.04 Å². The third kappa shape index (κ3) is 2.14. The zero-order chi connectivity index (χ0) is 11.7. The third-order valence-corrected chi connectivity index (χ3v) is 3.39. The van der Waals surface area contributed by atoms with Gasteiger partial charge in [-0.25, -0.2) is 0 Å². The smallest absolute Gasteiger partial charge is 0.257 e. The predicted octanol–water partition coefficient (Wildman–Crippen LogP) is 1.73. The van der Waals surface area contributed by atoms with Crippen molar-refractivity contribution in [3.05, 3.63) is 17.5 Å². The van der Waals surface area contributed by atoms with Gasteiger partial charge in [0, 0.05) is 30.7 Å². The number of nitrogens with zero attached hydrogens (tertiary/aromatic N) is 3. The molecule has 0 unspecified atom stereocenters. The number of carbonyl (C=O) groups excluding carboxylic acids is 1. The summed E-state index contributed by atoms with van der Waals surface area (Å²) < 4.78 is 1.74. The zero-order valence-corrected chi connectivity index (χ0v) is 11.2. The molecule has 2 rings (SSSR count). The molecular formula is C11H16BrN3O. The van der Waals surface area contributed by atoms with Crippen molar-refractivity contribution >= 4 is 21.8 Å². The van der Waals surface area contributed by atoms with Gasteiger partial charge in [-0.3, -0.25) is 9.48 Å². The number of amides is 1. The van der Waals surface area contributed by atoms with E-state index < -0.39 is 0 Å². The van der Waals surface area contributed by atoms with E-state index in [1.807, 2.05) is 18.9 Å². The van der Waals surface area contributed by atoms with Crippen molar-refractivity contribution in [1.82, 2.24) is 14.7 Å². The molecule has 0 spiro atoms. The maximum Gasteiger partial charge on any atom is 0.257 e. The lowest BCUT2D eigenvalue weighted by Gasteiger charge is -2.21. The van der Waals surface area contributed by atoms with E-state index in [4.69, 9.17) is 0 Å². The Balaban J connectivity index is 2.18. The standard InChI is InChI=1S/C11H16BrN3O/c1-8-10(7-13-14(8)2)11(16)15(6-5-12)9-3-4-9/h7,9H,3-6H2,1-2H3. The molecule has 1 aliphatic rings. The number of alkyl halides is 1. The van der Waals surface area contributed by atoms with E-state index in [0.717, 1.165) is 36.0 Å². The summed E-state index contributed by atoms with van der Waals surface area (Å²) in [4.78, 5) is 14.3. The molecule has 88 valence electrons. The second-order valence-corrected chi connectivity index (χ2v) is 4.98. The molecule has 1 heterocycles. The average molecular weight is 286 g/mol. The second-order valence-electron chi connectivity index (χ2n) is 4.19. The molecular weight excluding hydrogens is 270 g/mol. The van der Waals surface area contributed by atoms with Gasteiger partial charge < -0.3 is 4.90 Å². The number of rotatable bonds is 4. The lowest BCUT2D eigenvalue weighted by Crippen LogP contribution is -2.34. The van der Waals surface area contributed by atoms with Crippen LogP contribution in [0.2, 0.25) is 0 Å². The Labute approximate surface area is 104 Å². The number of halogens is 1. The topological polar surface area (TPSA) is 38.1 Å². The summed E-state index contributed by atoms with van der Waals surface area (Å²) >= 11 is 3.40. The highest BCUT2D eigenvalue weighted by Gasteiger charge is 2.33. The summed E-state index contributed by atoms with van der Waals surface area (Å²) in [5.41, 5.74) is 1.67. The fourth-order valence-corrected chi connectivity index (χ4v) is 2.17. The van der Waals surface area contributed by atoms with Crippen LogP contribution in [0.3, 0.4) is 0 Å². The third-order valence-electron chi connectivity index (χ3n) is 3.04. The van der Waals surface area contributed by atoms with E-state index in [1.165, 1.54) is 0 Å². The molecule has 5 heteroatoms. The molecule has 0 aromatic carbocycles. The van der Waals surface area contributed by atoms with E-state index in [2.05, 4.69) is 21.0 Å². The fourth-order valence-electron chi connectivity index (χ4n) is 1.79. The van der Waals surface area contributed by atoms with Crippen LogP contribution in [0, 0.1) is 6.92 Å². The highest BCUT2D eigenvalue weighted by atomic mass is 79.9. The lowest BCUT2D eigenvalue weighted by atomic mass is 10.2. The molecule has 0 bridgehead atoms. The maximum absolute atomic E-state index is 12.3. The highest BCUT2D eigenvalue weighted by Crippen LogP contribution is 2.28. The molecule has 4 nitrogen and oxygen atoms in total. The minimum Gasteiger partial charge on any atom is -0.335 e. The predicted molar refractivity (Wildman–Crippen MR) is 65.8 cm³/mol. The Morgan fingerprint density at radius 3 is 2.81 bits per heavy atom. The van der Waals surface area contributed by atoms with Crippen LogP contribution >= 0.6 is 15.9 Å². The number of aryl methyl sites for hydroxylation is 1. The number of aromatic nitrogens is 2. The number of carbonyl (C=O) groups is 1. The quantitative estimate of drug-likeness (QED) is 0.791. The van der Waals surface area contributed by atoms with Crippen LogP contribution in [0.25, 0.3) is 0 Å². The molecule has 0 atom stereocenters. The first-order valence-corrected chi connectivity index (χ1v) is 6.63. The minimum atomic E-state index is 0.118. The van der Waals surface area contributed by atoms with Crippen molar-refractivity contribution in [2.75, 3.05) is 11.9 Å². The summed E-state index contributed by atoms with van der Waals surface area (Å²) in [6.45, 7) is 2.71. The van der Waals surface area contributed by atoms with Gasteiger partial charge >= 0.3 is 0 Å². The Bertz CT molecular complexity index is 398. The summed E-state index contributed by atoms with van der Waals surface area (Å²) in [5.74, 6) is 0.118. The van der Waals surface area contributed by atoms with Crippen LogP contribution in [-0.4, -0.2) is 38.5 Å². The van der Waals surface area contributed by atoms with Crippen LogP contribution in [0.5, 0.6) is 0 Å². The van der Waals surface area contributed by atoms with E-state index in [-0.39, 0.29) is 5.91 Å². The van der Waals surface area contributed by atoms with Crippen LogP contribution in [0.1, 0.15) is 28.9 Å². The molecule has 1 aromatic rings. The lowest BCUT2D eigenvalue weighted by molar-refractivity contribution is 0.0754. The molecule has 0 radical (unpaired) electrons. The summed E-state index contributed by atoms with van der Waals surface area (Å²) in [6.07, 6.45) is 3.94. The molecule has 1 amide bonds. The SMILES string of the molecule is Cc1c(C(=O)N(CCBr)C2CC2)cnn1C. The second kappa shape index (κ2) is 4.57. The van der Waals surface area contributed by atoms with E-state index in [9.17, 15) is 4.79 Å². The van der Waals surface area contributed by atoms with E-state index >= 15 is 0 Å². The van der Waals surface area contributed by atoms with Crippen LogP contribution in [-0.2, 0) is 7.05 Å². The van der Waals surface area contributed by atoms with Gasteiger partial charge in [0.25, 0.3) is 5.91 Å². The van der Waals surface area contributed by atoms with Crippen molar-refractivity contribution in [1.29, 1.82) is 0 Å². The Morgan fingerprint density at radius 2 is 2.38 bits per heavy atom.